The van der Waals surface area contributed by atoms with Crippen LogP contribution in [0.3, 0.4) is 0 Å². The fourth-order valence-electron chi connectivity index (χ4n) is 2.78. The predicted molar refractivity (Wildman–Crippen MR) is 85.5 cm³/mol. The van der Waals surface area contributed by atoms with Gasteiger partial charge in [-0.05, 0) is 43.1 Å². The second kappa shape index (κ2) is 5.21. The minimum absolute atomic E-state index is 0.115. The van der Waals surface area contributed by atoms with Gasteiger partial charge in [-0.25, -0.2) is 14.6 Å². The molecule has 1 aliphatic heterocycles. The molecule has 1 atom stereocenters. The summed E-state index contributed by atoms with van der Waals surface area (Å²) in [6, 6.07) is 0. The summed E-state index contributed by atoms with van der Waals surface area (Å²) in [6.45, 7) is 8.07. The van der Waals surface area contributed by atoms with Crippen LogP contribution in [-0.2, 0) is 11.8 Å². The minimum Gasteiger partial charge on any atom is -0.371 e. The van der Waals surface area contributed by atoms with E-state index in [2.05, 4.69) is 56.7 Å². The highest BCUT2D eigenvalue weighted by Crippen LogP contribution is 2.32. The first-order valence-corrected chi connectivity index (χ1v) is 7.90. The van der Waals surface area contributed by atoms with Crippen molar-refractivity contribution in [3.05, 3.63) is 10.9 Å². The van der Waals surface area contributed by atoms with E-state index in [9.17, 15) is 0 Å². The summed E-state index contributed by atoms with van der Waals surface area (Å²) >= 11 is 3.51. The van der Waals surface area contributed by atoms with Crippen molar-refractivity contribution < 1.29 is 4.74 Å². The van der Waals surface area contributed by atoms with Crippen molar-refractivity contribution in [2.24, 2.45) is 7.05 Å². The molecule has 3 rings (SSSR count). The second-order valence-electron chi connectivity index (χ2n) is 6.40. The zero-order chi connectivity index (χ0) is 15.2. The van der Waals surface area contributed by atoms with Crippen molar-refractivity contribution in [1.29, 1.82) is 0 Å². The molecule has 2 aromatic rings. The highest BCUT2D eigenvalue weighted by atomic mass is 79.9. The maximum Gasteiger partial charge on any atom is 0.164 e. The van der Waals surface area contributed by atoms with Gasteiger partial charge in [-0.1, -0.05) is 0 Å². The van der Waals surface area contributed by atoms with Gasteiger partial charge in [0.05, 0.1) is 17.1 Å². The molecule has 0 aromatic carbocycles. The smallest absolute Gasteiger partial charge is 0.164 e. The predicted octanol–water partition coefficient (Wildman–Crippen LogP) is 2.52. The molecule has 114 valence electrons. The van der Waals surface area contributed by atoms with Crippen LogP contribution in [0.25, 0.3) is 11.0 Å². The number of aryl methyl sites for hydroxylation is 1. The van der Waals surface area contributed by atoms with Gasteiger partial charge in [0.1, 0.15) is 16.7 Å². The zero-order valence-corrected chi connectivity index (χ0v) is 14.4. The topological polar surface area (TPSA) is 56.1 Å². The number of rotatable bonds is 2. The van der Waals surface area contributed by atoms with Crippen molar-refractivity contribution in [2.45, 2.75) is 38.9 Å². The average Bonchev–Trinajstić information content (AvgIpc) is 2.94. The average molecular weight is 354 g/mol. The summed E-state index contributed by atoms with van der Waals surface area (Å²) in [6.07, 6.45) is 2.86. The SMILES string of the molecule is Cn1nc(Br)c2c(N3CC[C@H](OC(C)(C)C)C3)ncnc21. The maximum absolute atomic E-state index is 6.08. The third kappa shape index (κ3) is 2.89. The first-order valence-electron chi connectivity index (χ1n) is 7.11. The summed E-state index contributed by atoms with van der Waals surface area (Å²) in [5, 5.41) is 5.34. The molecule has 7 heteroatoms. The Morgan fingerprint density at radius 1 is 1.33 bits per heavy atom. The summed E-state index contributed by atoms with van der Waals surface area (Å²) in [7, 11) is 1.89. The first kappa shape index (κ1) is 14.7. The van der Waals surface area contributed by atoms with E-state index in [4.69, 9.17) is 4.74 Å². The second-order valence-corrected chi connectivity index (χ2v) is 7.15. The van der Waals surface area contributed by atoms with Crippen molar-refractivity contribution in [2.75, 3.05) is 18.0 Å². The fraction of sp³-hybridized carbons (Fsp3) is 0.643. The molecule has 0 amide bonds. The van der Waals surface area contributed by atoms with Gasteiger partial charge in [0.25, 0.3) is 0 Å². The Hall–Kier alpha value is -1.21. The van der Waals surface area contributed by atoms with Crippen LogP contribution in [0.15, 0.2) is 10.9 Å². The van der Waals surface area contributed by atoms with Gasteiger partial charge >= 0.3 is 0 Å². The van der Waals surface area contributed by atoms with E-state index >= 15 is 0 Å². The molecule has 6 nitrogen and oxygen atoms in total. The summed E-state index contributed by atoms with van der Waals surface area (Å²) in [5.74, 6) is 0.931. The Morgan fingerprint density at radius 2 is 2.10 bits per heavy atom. The van der Waals surface area contributed by atoms with Crippen molar-refractivity contribution >= 4 is 32.8 Å². The molecule has 3 heterocycles. The number of anilines is 1. The molecule has 0 aliphatic carbocycles. The van der Waals surface area contributed by atoms with Crippen molar-refractivity contribution in [3.63, 3.8) is 0 Å². The monoisotopic (exact) mass is 353 g/mol. The molecular formula is C14H20BrN5O. The molecule has 0 spiro atoms. The Kier molecular flexibility index (Phi) is 3.65. The molecule has 2 aromatic heterocycles. The molecule has 0 bridgehead atoms. The van der Waals surface area contributed by atoms with Crippen LogP contribution in [0.1, 0.15) is 27.2 Å². The highest BCUT2D eigenvalue weighted by molar-refractivity contribution is 9.10. The fourth-order valence-corrected chi connectivity index (χ4v) is 3.38. The third-order valence-electron chi connectivity index (χ3n) is 3.52. The maximum atomic E-state index is 6.08. The zero-order valence-electron chi connectivity index (χ0n) is 12.8. The molecule has 1 saturated heterocycles. The number of hydrogen-bond acceptors (Lipinski definition) is 5. The number of ether oxygens (including phenoxy) is 1. The Bertz CT molecular complexity index is 663. The van der Waals surface area contributed by atoms with E-state index in [0.29, 0.717) is 0 Å². The van der Waals surface area contributed by atoms with Gasteiger partial charge in [0.2, 0.25) is 0 Å². The summed E-state index contributed by atoms with van der Waals surface area (Å²) in [5.41, 5.74) is 0.725. The molecule has 0 N–H and O–H groups in total. The summed E-state index contributed by atoms with van der Waals surface area (Å²) < 4.78 is 8.64. The third-order valence-corrected chi connectivity index (χ3v) is 4.08. The standard InChI is InChI=1S/C14H20BrN5O/c1-14(2,3)21-9-5-6-20(7-9)13-10-11(15)18-19(4)12(10)16-8-17-13/h8-9H,5-7H2,1-4H3/t9-/m0/s1. The Balaban J connectivity index is 1.89. The largest absolute Gasteiger partial charge is 0.371 e. The molecular weight excluding hydrogens is 334 g/mol. The lowest BCUT2D eigenvalue weighted by Gasteiger charge is -2.25. The van der Waals surface area contributed by atoms with Gasteiger partial charge in [0, 0.05) is 20.1 Å². The molecule has 21 heavy (non-hydrogen) atoms. The molecule has 0 unspecified atom stereocenters. The lowest BCUT2D eigenvalue weighted by molar-refractivity contribution is -0.0492. The first-order chi connectivity index (χ1) is 9.85. The van der Waals surface area contributed by atoms with E-state index in [0.717, 1.165) is 41.0 Å². The van der Waals surface area contributed by atoms with E-state index in [1.165, 1.54) is 0 Å². The van der Waals surface area contributed by atoms with Crippen LogP contribution in [0.4, 0.5) is 5.82 Å². The van der Waals surface area contributed by atoms with Crippen LogP contribution < -0.4 is 4.90 Å². The highest BCUT2D eigenvalue weighted by Gasteiger charge is 2.29. The van der Waals surface area contributed by atoms with E-state index in [1.807, 2.05) is 7.05 Å². The van der Waals surface area contributed by atoms with Gasteiger partial charge in [0.15, 0.2) is 5.65 Å². The van der Waals surface area contributed by atoms with Crippen LogP contribution in [0.5, 0.6) is 0 Å². The van der Waals surface area contributed by atoms with E-state index in [-0.39, 0.29) is 11.7 Å². The van der Waals surface area contributed by atoms with Crippen LogP contribution in [0, 0.1) is 0 Å². The van der Waals surface area contributed by atoms with E-state index < -0.39 is 0 Å². The van der Waals surface area contributed by atoms with Gasteiger partial charge in [-0.3, -0.25) is 0 Å². The lowest BCUT2D eigenvalue weighted by atomic mass is 10.2. The van der Waals surface area contributed by atoms with Gasteiger partial charge in [-0.2, -0.15) is 5.10 Å². The van der Waals surface area contributed by atoms with Crippen LogP contribution in [0.2, 0.25) is 0 Å². The lowest BCUT2D eigenvalue weighted by Crippen LogP contribution is -2.30. The molecule has 1 aliphatic rings. The quantitative estimate of drug-likeness (QED) is 0.830. The van der Waals surface area contributed by atoms with Gasteiger partial charge < -0.3 is 9.64 Å². The number of fused-ring (bicyclic) bond motifs is 1. The summed E-state index contributed by atoms with van der Waals surface area (Å²) in [4.78, 5) is 11.0. The van der Waals surface area contributed by atoms with E-state index in [1.54, 1.807) is 11.0 Å². The number of aromatic nitrogens is 4. The minimum atomic E-state index is -0.115. The Labute approximate surface area is 132 Å². The normalized spacial score (nSPS) is 19.7. The van der Waals surface area contributed by atoms with Crippen LogP contribution in [-0.4, -0.2) is 44.5 Å². The number of hydrogen-bond donors (Lipinski definition) is 0. The molecule has 0 radical (unpaired) electrons. The van der Waals surface area contributed by atoms with Gasteiger partial charge in [-0.15, -0.1) is 0 Å². The van der Waals surface area contributed by atoms with Crippen molar-refractivity contribution in [1.82, 2.24) is 19.7 Å². The van der Waals surface area contributed by atoms with Crippen molar-refractivity contribution in [3.8, 4) is 0 Å². The Morgan fingerprint density at radius 3 is 2.81 bits per heavy atom. The van der Waals surface area contributed by atoms with Crippen LogP contribution >= 0.6 is 15.9 Å². The molecule has 0 saturated carbocycles. The molecule has 1 fully saturated rings. The number of halogens is 1. The number of nitrogens with zero attached hydrogens (tertiary/aromatic N) is 5.